The molecule has 0 spiro atoms. The lowest BCUT2D eigenvalue weighted by atomic mass is 10.3. The fraction of sp³-hybridized carbons (Fsp3) is 0.222. The van der Waals surface area contributed by atoms with Gasteiger partial charge < -0.3 is 5.11 Å². The summed E-state index contributed by atoms with van der Waals surface area (Å²) in [6.45, 7) is 1.88. The third-order valence-corrected chi connectivity index (χ3v) is 1.43. The predicted molar refractivity (Wildman–Crippen MR) is 51.5 cm³/mol. The van der Waals surface area contributed by atoms with Gasteiger partial charge in [0.2, 0.25) is 0 Å². The van der Waals surface area contributed by atoms with Gasteiger partial charge in [-0.15, -0.1) is 0 Å². The lowest BCUT2D eigenvalue weighted by Gasteiger charge is -1.96. The van der Waals surface area contributed by atoms with Gasteiger partial charge in [0.15, 0.2) is 5.69 Å². The number of pyridine rings is 1. The second-order valence-corrected chi connectivity index (χ2v) is 2.51. The second kappa shape index (κ2) is 4.75. The predicted octanol–water partition coefficient (Wildman–Crippen LogP) is 1.76. The van der Waals surface area contributed by atoms with Crippen LogP contribution in [0.1, 0.15) is 11.4 Å². The van der Waals surface area contributed by atoms with Crippen molar-refractivity contribution in [1.82, 2.24) is 4.98 Å². The van der Waals surface area contributed by atoms with Crippen LogP contribution in [0, 0.1) is 18.8 Å². The van der Waals surface area contributed by atoms with Gasteiger partial charge >= 0.3 is 0 Å². The molecule has 0 aromatic carbocycles. The highest BCUT2D eigenvalue weighted by Gasteiger charge is 1.97. The minimum Gasteiger partial charge on any atom is -0.505 e. The van der Waals surface area contributed by atoms with Crippen LogP contribution in [-0.2, 0) is 0 Å². The largest absolute Gasteiger partial charge is 0.505 e. The molecule has 0 aliphatic heterocycles. The Morgan fingerprint density at radius 2 is 2.43 bits per heavy atom. The van der Waals surface area contributed by atoms with Crippen molar-refractivity contribution < 1.29 is 5.11 Å². The maximum absolute atomic E-state index is 9.32. The molecule has 0 saturated heterocycles. The molecule has 0 saturated carbocycles. The van der Waals surface area contributed by atoms with Crippen LogP contribution in [0.2, 0.25) is 0 Å². The molecule has 5 heteroatoms. The highest BCUT2D eigenvalue weighted by atomic mass is 16.3. The third kappa shape index (κ3) is 2.70. The van der Waals surface area contributed by atoms with Crippen molar-refractivity contribution in [1.29, 1.82) is 0 Å². The minimum atomic E-state index is 0.0315. The van der Waals surface area contributed by atoms with Gasteiger partial charge in [-0.05, 0) is 30.5 Å². The van der Waals surface area contributed by atoms with Crippen LogP contribution < -0.4 is 0 Å². The van der Waals surface area contributed by atoms with Gasteiger partial charge in [0.05, 0.1) is 6.54 Å². The molecule has 0 atom stereocenters. The Hall–Kier alpha value is -2.18. The topological polar surface area (TPSA) is 81.9 Å². The molecule has 14 heavy (non-hydrogen) atoms. The molecule has 1 heterocycles. The lowest BCUT2D eigenvalue weighted by molar-refractivity contribution is 0.470. The van der Waals surface area contributed by atoms with Crippen molar-refractivity contribution in [3.63, 3.8) is 0 Å². The summed E-state index contributed by atoms with van der Waals surface area (Å²) < 4.78 is 0. The molecular weight excluding hydrogens is 180 g/mol. The average molecular weight is 188 g/mol. The Morgan fingerprint density at radius 1 is 1.64 bits per heavy atom. The molecule has 1 rings (SSSR count). The van der Waals surface area contributed by atoms with Gasteiger partial charge in [0, 0.05) is 10.6 Å². The van der Waals surface area contributed by atoms with Gasteiger partial charge in [-0.25, -0.2) is 4.98 Å². The van der Waals surface area contributed by atoms with Crippen LogP contribution in [0.25, 0.3) is 10.4 Å². The van der Waals surface area contributed by atoms with Crippen LogP contribution in [0.3, 0.4) is 0 Å². The summed E-state index contributed by atoms with van der Waals surface area (Å²) in [5, 5.41) is 12.6. The number of aryl methyl sites for hydroxylation is 1. The zero-order valence-electron chi connectivity index (χ0n) is 7.60. The molecule has 5 nitrogen and oxygen atoms in total. The van der Waals surface area contributed by atoms with Crippen LogP contribution in [0.4, 0.5) is 0 Å². The minimum absolute atomic E-state index is 0.0315. The van der Waals surface area contributed by atoms with Crippen molar-refractivity contribution in [2.24, 2.45) is 5.11 Å². The molecule has 0 aliphatic carbocycles. The first-order valence-electron chi connectivity index (χ1n) is 3.90. The van der Waals surface area contributed by atoms with Crippen LogP contribution >= 0.6 is 0 Å². The molecule has 1 N–H and O–H groups in total. The molecule has 0 aliphatic rings. The third-order valence-electron chi connectivity index (χ3n) is 1.43. The zero-order valence-corrected chi connectivity index (χ0v) is 7.60. The number of nitrogens with zero attached hydrogens (tertiary/aromatic N) is 4. The van der Waals surface area contributed by atoms with E-state index in [0.717, 1.165) is 5.69 Å². The smallest absolute Gasteiger partial charge is 0.155 e. The summed E-state index contributed by atoms with van der Waals surface area (Å²) in [7, 11) is 0. The van der Waals surface area contributed by atoms with E-state index >= 15 is 0 Å². The van der Waals surface area contributed by atoms with Crippen molar-refractivity contribution in [2.45, 2.75) is 6.92 Å². The standard InChI is InChI=1S/C9H8N4O/c1-7-4-5-9(14)8(12-7)3-2-6-11-13-10/h4-5,14H,6H2,1H3. The summed E-state index contributed by atoms with van der Waals surface area (Å²) >= 11 is 0. The fourth-order valence-electron chi connectivity index (χ4n) is 0.832. The Bertz CT molecular complexity index is 438. The Kier molecular flexibility index (Phi) is 3.36. The quantitative estimate of drug-likeness (QED) is 0.315. The molecular formula is C9H8N4O. The highest BCUT2D eigenvalue weighted by molar-refractivity contribution is 5.40. The maximum atomic E-state index is 9.32. The van der Waals surface area contributed by atoms with Gasteiger partial charge in [-0.3, -0.25) is 0 Å². The fourth-order valence-corrected chi connectivity index (χ4v) is 0.832. The van der Waals surface area contributed by atoms with Gasteiger partial charge in [-0.2, -0.15) is 0 Å². The summed E-state index contributed by atoms with van der Waals surface area (Å²) in [5.74, 6) is 5.22. The number of hydrogen-bond donors (Lipinski definition) is 1. The highest BCUT2D eigenvalue weighted by Crippen LogP contribution is 2.12. The van der Waals surface area contributed by atoms with Crippen molar-refractivity contribution >= 4 is 0 Å². The Balaban J connectivity index is 2.88. The number of azide groups is 1. The van der Waals surface area contributed by atoms with E-state index in [9.17, 15) is 5.11 Å². The second-order valence-electron chi connectivity index (χ2n) is 2.51. The summed E-state index contributed by atoms with van der Waals surface area (Å²) in [6, 6.07) is 3.22. The first-order chi connectivity index (χ1) is 6.74. The van der Waals surface area contributed by atoms with Gasteiger partial charge in [0.25, 0.3) is 0 Å². The van der Waals surface area contributed by atoms with Crippen LogP contribution in [0.5, 0.6) is 5.75 Å². The van der Waals surface area contributed by atoms with Crippen molar-refractivity contribution in [3.8, 4) is 17.6 Å². The van der Waals surface area contributed by atoms with E-state index in [1.54, 1.807) is 13.0 Å². The summed E-state index contributed by atoms with van der Waals surface area (Å²) in [6.07, 6.45) is 0. The first-order valence-corrected chi connectivity index (χ1v) is 3.90. The number of rotatable bonds is 1. The van der Waals surface area contributed by atoms with E-state index in [2.05, 4.69) is 26.9 Å². The monoisotopic (exact) mass is 188 g/mol. The van der Waals surface area contributed by atoms with E-state index < -0.39 is 0 Å². The van der Waals surface area contributed by atoms with E-state index in [0.29, 0.717) is 5.69 Å². The normalized spacial score (nSPS) is 8.36. The van der Waals surface area contributed by atoms with E-state index in [-0.39, 0.29) is 12.3 Å². The van der Waals surface area contributed by atoms with E-state index in [4.69, 9.17) is 5.53 Å². The SMILES string of the molecule is Cc1ccc(O)c(C#CCN=[N+]=[N-])n1. The average Bonchev–Trinajstić information content (AvgIpc) is 2.18. The summed E-state index contributed by atoms with van der Waals surface area (Å²) in [4.78, 5) is 6.56. The Morgan fingerprint density at radius 3 is 3.14 bits per heavy atom. The zero-order chi connectivity index (χ0) is 10.4. The number of hydrogen-bond acceptors (Lipinski definition) is 3. The van der Waals surface area contributed by atoms with Crippen molar-refractivity contribution in [2.75, 3.05) is 6.54 Å². The molecule has 1 aromatic heterocycles. The van der Waals surface area contributed by atoms with Crippen LogP contribution in [0.15, 0.2) is 17.2 Å². The van der Waals surface area contributed by atoms with E-state index in [1.165, 1.54) is 6.07 Å². The molecule has 0 unspecified atom stereocenters. The van der Waals surface area contributed by atoms with Crippen LogP contribution in [-0.4, -0.2) is 16.6 Å². The van der Waals surface area contributed by atoms with E-state index in [1.807, 2.05) is 0 Å². The number of aromatic nitrogens is 1. The molecule has 0 radical (unpaired) electrons. The molecule has 70 valence electrons. The summed E-state index contributed by atoms with van der Waals surface area (Å²) in [5.41, 5.74) is 9.07. The van der Waals surface area contributed by atoms with Gasteiger partial charge in [-0.1, -0.05) is 11.0 Å². The van der Waals surface area contributed by atoms with Gasteiger partial charge in [0.1, 0.15) is 5.75 Å². The lowest BCUT2D eigenvalue weighted by Crippen LogP contribution is -1.86. The molecule has 1 aromatic rings. The molecule has 0 fully saturated rings. The number of aromatic hydroxyl groups is 1. The molecule has 0 bridgehead atoms. The molecule has 0 amide bonds. The first kappa shape index (κ1) is 9.90. The van der Waals surface area contributed by atoms with Crippen molar-refractivity contribution in [3.05, 3.63) is 34.0 Å². The Labute approximate surface area is 81.0 Å². The maximum Gasteiger partial charge on any atom is 0.155 e.